The predicted molar refractivity (Wildman–Crippen MR) is 83.2 cm³/mol. The van der Waals surface area contributed by atoms with Crippen LogP contribution in [0.25, 0.3) is 0 Å². The van der Waals surface area contributed by atoms with Gasteiger partial charge in [-0.1, -0.05) is 24.6 Å². The van der Waals surface area contributed by atoms with Crippen molar-refractivity contribution in [1.29, 1.82) is 0 Å². The van der Waals surface area contributed by atoms with E-state index in [0.29, 0.717) is 6.54 Å². The molecule has 0 aliphatic heterocycles. The van der Waals surface area contributed by atoms with Crippen LogP contribution in [0.4, 0.5) is 0 Å². The minimum Gasteiger partial charge on any atom is -0.480 e. The zero-order chi connectivity index (χ0) is 15.7. The number of hydrogen-bond donors (Lipinski definition) is 1. The molecule has 0 fully saturated rings. The maximum absolute atomic E-state index is 11.5. The van der Waals surface area contributed by atoms with Crippen LogP contribution < -0.4 is 0 Å². The average molecular weight is 277 g/mol. The van der Waals surface area contributed by atoms with Crippen LogP contribution in [0.1, 0.15) is 56.0 Å². The molecule has 1 aromatic rings. The number of benzene rings is 1. The molecule has 112 valence electrons. The summed E-state index contributed by atoms with van der Waals surface area (Å²) in [5, 5.41) is 9.48. The second-order valence-corrected chi connectivity index (χ2v) is 6.14. The number of carboxylic acid groups (broad SMARTS) is 1. The smallest absolute Gasteiger partial charge is 0.323 e. The first kappa shape index (κ1) is 16.7. The van der Waals surface area contributed by atoms with Gasteiger partial charge < -0.3 is 5.11 Å². The number of nitrogens with zero attached hydrogens (tertiary/aromatic N) is 1. The number of aryl methyl sites for hydroxylation is 3. The fourth-order valence-electron chi connectivity index (χ4n) is 3.28. The van der Waals surface area contributed by atoms with Gasteiger partial charge in [-0.05, 0) is 64.8 Å². The molecule has 0 bridgehead atoms. The number of carbonyl (C=O) groups is 1. The molecule has 0 saturated heterocycles. The topological polar surface area (TPSA) is 40.5 Å². The molecule has 0 saturated carbocycles. The van der Waals surface area contributed by atoms with Crippen LogP contribution in [0.2, 0.25) is 0 Å². The highest BCUT2D eigenvalue weighted by atomic mass is 16.4. The van der Waals surface area contributed by atoms with Gasteiger partial charge in [0.05, 0.1) is 0 Å². The summed E-state index contributed by atoms with van der Waals surface area (Å²) >= 11 is 0. The van der Waals surface area contributed by atoms with Gasteiger partial charge in [-0.25, -0.2) is 0 Å². The van der Waals surface area contributed by atoms with E-state index >= 15 is 0 Å². The molecule has 0 aliphatic rings. The molecule has 20 heavy (non-hydrogen) atoms. The summed E-state index contributed by atoms with van der Waals surface area (Å²) in [6.45, 7) is 14.7. The highest BCUT2D eigenvalue weighted by Gasteiger charge is 2.37. The summed E-state index contributed by atoms with van der Waals surface area (Å²) in [7, 11) is 0. The van der Waals surface area contributed by atoms with Gasteiger partial charge in [-0.15, -0.1) is 0 Å². The molecular weight excluding hydrogens is 250 g/mol. The molecule has 0 aliphatic carbocycles. The van der Waals surface area contributed by atoms with Crippen LogP contribution in [-0.2, 0) is 4.79 Å². The maximum atomic E-state index is 11.5. The number of hydrogen-bond acceptors (Lipinski definition) is 2. The lowest BCUT2D eigenvalue weighted by Crippen LogP contribution is -2.51. The lowest BCUT2D eigenvalue weighted by molar-refractivity contribution is -0.150. The van der Waals surface area contributed by atoms with Crippen molar-refractivity contribution in [3.05, 3.63) is 34.4 Å². The fourth-order valence-corrected chi connectivity index (χ4v) is 3.28. The van der Waals surface area contributed by atoms with Crippen molar-refractivity contribution >= 4 is 5.97 Å². The van der Waals surface area contributed by atoms with Crippen molar-refractivity contribution < 1.29 is 9.90 Å². The van der Waals surface area contributed by atoms with E-state index in [1.54, 1.807) is 13.8 Å². The Hall–Kier alpha value is -1.35. The Labute approximate surface area is 122 Å². The molecule has 0 spiro atoms. The molecule has 1 unspecified atom stereocenters. The molecule has 1 rings (SSSR count). The molecule has 0 amide bonds. The first-order valence-corrected chi connectivity index (χ1v) is 7.20. The van der Waals surface area contributed by atoms with E-state index in [2.05, 4.69) is 39.8 Å². The minimum absolute atomic E-state index is 0.0756. The Morgan fingerprint density at radius 2 is 1.70 bits per heavy atom. The summed E-state index contributed by atoms with van der Waals surface area (Å²) in [5.74, 6) is -0.784. The molecule has 3 nitrogen and oxygen atoms in total. The van der Waals surface area contributed by atoms with Gasteiger partial charge in [0.25, 0.3) is 0 Å². The van der Waals surface area contributed by atoms with Crippen LogP contribution in [0.15, 0.2) is 12.1 Å². The largest absolute Gasteiger partial charge is 0.480 e. The van der Waals surface area contributed by atoms with Gasteiger partial charge in [-0.2, -0.15) is 0 Å². The van der Waals surface area contributed by atoms with Gasteiger partial charge >= 0.3 is 5.97 Å². The maximum Gasteiger partial charge on any atom is 0.323 e. The van der Waals surface area contributed by atoms with Crippen molar-refractivity contribution in [1.82, 2.24) is 4.90 Å². The summed E-state index contributed by atoms with van der Waals surface area (Å²) in [6, 6.07) is 4.41. The molecular formula is C17H27NO2. The molecule has 1 atom stereocenters. The normalized spacial score (nSPS) is 13.6. The van der Waals surface area contributed by atoms with Crippen molar-refractivity contribution in [2.24, 2.45) is 0 Å². The first-order chi connectivity index (χ1) is 9.12. The third-order valence-electron chi connectivity index (χ3n) is 4.21. The highest BCUT2D eigenvalue weighted by molar-refractivity contribution is 5.77. The van der Waals surface area contributed by atoms with E-state index in [9.17, 15) is 9.90 Å². The monoisotopic (exact) mass is 277 g/mol. The van der Waals surface area contributed by atoms with Crippen molar-refractivity contribution in [3.8, 4) is 0 Å². The van der Waals surface area contributed by atoms with Gasteiger partial charge in [0.1, 0.15) is 5.54 Å². The van der Waals surface area contributed by atoms with E-state index in [-0.39, 0.29) is 6.04 Å². The average Bonchev–Trinajstić information content (AvgIpc) is 2.27. The summed E-state index contributed by atoms with van der Waals surface area (Å²) in [5.41, 5.74) is 4.07. The molecule has 0 heterocycles. The first-order valence-electron chi connectivity index (χ1n) is 7.20. The number of carboxylic acids is 1. The number of likely N-dealkylation sites (N-methyl/N-ethyl adjacent to an activating group) is 1. The van der Waals surface area contributed by atoms with Crippen LogP contribution >= 0.6 is 0 Å². The molecule has 3 heteroatoms. The Kier molecular flexibility index (Phi) is 4.98. The fraction of sp³-hybridized carbons (Fsp3) is 0.588. The Bertz CT molecular complexity index is 483. The van der Waals surface area contributed by atoms with Gasteiger partial charge in [-0.3, -0.25) is 9.69 Å². The zero-order valence-electron chi connectivity index (χ0n) is 13.7. The van der Waals surface area contributed by atoms with E-state index in [1.807, 2.05) is 11.8 Å². The highest BCUT2D eigenvalue weighted by Crippen LogP contribution is 2.32. The van der Waals surface area contributed by atoms with Crippen molar-refractivity contribution in [3.63, 3.8) is 0 Å². The van der Waals surface area contributed by atoms with E-state index in [4.69, 9.17) is 0 Å². The lowest BCUT2D eigenvalue weighted by atomic mass is 9.91. The Balaban J connectivity index is 3.29. The predicted octanol–water partition coefficient (Wildman–Crippen LogP) is 3.86. The minimum atomic E-state index is -0.877. The summed E-state index contributed by atoms with van der Waals surface area (Å²) in [6.07, 6.45) is 0. The van der Waals surface area contributed by atoms with Gasteiger partial charge in [0.15, 0.2) is 0 Å². The second kappa shape index (κ2) is 5.96. The van der Waals surface area contributed by atoms with Crippen LogP contribution in [0.5, 0.6) is 0 Å². The molecule has 1 N–H and O–H groups in total. The van der Waals surface area contributed by atoms with Crippen LogP contribution in [0.3, 0.4) is 0 Å². The number of aliphatic carboxylic acids is 1. The van der Waals surface area contributed by atoms with Crippen LogP contribution in [0, 0.1) is 20.8 Å². The quantitative estimate of drug-likeness (QED) is 0.888. The van der Waals surface area contributed by atoms with E-state index < -0.39 is 11.5 Å². The summed E-state index contributed by atoms with van der Waals surface area (Å²) in [4.78, 5) is 13.6. The third-order valence-corrected chi connectivity index (χ3v) is 4.21. The van der Waals surface area contributed by atoms with Crippen LogP contribution in [-0.4, -0.2) is 28.1 Å². The van der Waals surface area contributed by atoms with Gasteiger partial charge in [0.2, 0.25) is 0 Å². The Morgan fingerprint density at radius 1 is 1.25 bits per heavy atom. The SMILES string of the molecule is CCN(C(C)c1c(C)cc(C)cc1C)C(C)(C)C(=O)O. The summed E-state index contributed by atoms with van der Waals surface area (Å²) < 4.78 is 0. The second-order valence-electron chi connectivity index (χ2n) is 6.14. The standard InChI is InChI=1S/C17H27NO2/c1-8-18(17(6,7)16(19)20)14(5)15-12(3)9-11(2)10-13(15)4/h9-10,14H,8H2,1-7H3,(H,19,20). The molecule has 0 aromatic heterocycles. The number of rotatable bonds is 5. The van der Waals surface area contributed by atoms with E-state index in [0.717, 1.165) is 0 Å². The van der Waals surface area contributed by atoms with Crippen molar-refractivity contribution in [2.75, 3.05) is 6.54 Å². The lowest BCUT2D eigenvalue weighted by Gasteiger charge is -2.40. The van der Waals surface area contributed by atoms with Gasteiger partial charge in [0, 0.05) is 6.04 Å². The van der Waals surface area contributed by atoms with Crippen molar-refractivity contribution in [2.45, 2.75) is 60.0 Å². The third kappa shape index (κ3) is 3.04. The molecule has 0 radical (unpaired) electrons. The molecule has 1 aromatic carbocycles. The zero-order valence-corrected chi connectivity index (χ0v) is 13.7. The van der Waals surface area contributed by atoms with E-state index in [1.165, 1.54) is 22.3 Å². The Morgan fingerprint density at radius 3 is 2.05 bits per heavy atom.